The molecule has 0 atom stereocenters. The second kappa shape index (κ2) is 4.30. The fourth-order valence-corrected chi connectivity index (χ4v) is 1.19. The number of aliphatic hydroxyl groups is 2. The summed E-state index contributed by atoms with van der Waals surface area (Å²) >= 11 is 3.84. The van der Waals surface area contributed by atoms with Crippen LogP contribution < -0.4 is 4.74 Å². The van der Waals surface area contributed by atoms with E-state index in [1.807, 2.05) is 0 Å². The van der Waals surface area contributed by atoms with E-state index in [9.17, 15) is 13.2 Å². The molecule has 0 spiro atoms. The van der Waals surface area contributed by atoms with E-state index in [2.05, 4.69) is 17.4 Å². The van der Waals surface area contributed by atoms with Gasteiger partial charge in [-0.25, -0.2) is 0 Å². The number of thiol groups is 1. The Labute approximate surface area is 88.5 Å². The van der Waals surface area contributed by atoms with Crippen LogP contribution in [-0.2, 0) is 0 Å². The van der Waals surface area contributed by atoms with E-state index in [1.54, 1.807) is 0 Å². The molecular weight excluding hydrogens is 233 g/mol. The van der Waals surface area contributed by atoms with Gasteiger partial charge < -0.3 is 14.9 Å². The molecule has 15 heavy (non-hydrogen) atoms. The molecule has 0 amide bonds. The Morgan fingerprint density at radius 1 is 1.27 bits per heavy atom. The lowest BCUT2D eigenvalue weighted by Crippen LogP contribution is -2.17. The Kier molecular flexibility index (Phi) is 3.48. The minimum absolute atomic E-state index is 0.153. The fraction of sp³-hybridized carbons (Fsp3) is 0.250. The monoisotopic (exact) mass is 240 g/mol. The van der Waals surface area contributed by atoms with Gasteiger partial charge in [0.1, 0.15) is 5.75 Å². The number of aliphatic hydroxyl groups excluding tert-OH is 1. The van der Waals surface area contributed by atoms with Gasteiger partial charge in [0.2, 0.25) is 0 Å². The van der Waals surface area contributed by atoms with Crippen LogP contribution in [-0.4, -0.2) is 16.6 Å². The number of ether oxygens (including phenoxy) is 1. The first kappa shape index (κ1) is 12.2. The summed E-state index contributed by atoms with van der Waals surface area (Å²) in [7, 11) is 0. The summed E-state index contributed by atoms with van der Waals surface area (Å²) in [5.41, 5.74) is -0.153. The van der Waals surface area contributed by atoms with Crippen LogP contribution in [0, 0.1) is 0 Å². The first-order chi connectivity index (χ1) is 6.79. The van der Waals surface area contributed by atoms with Crippen molar-refractivity contribution in [3.05, 3.63) is 23.8 Å². The maximum Gasteiger partial charge on any atom is 0.573 e. The minimum atomic E-state index is -4.81. The summed E-state index contributed by atoms with van der Waals surface area (Å²) in [4.78, 5) is 0.166. The zero-order chi connectivity index (χ0) is 11.6. The quantitative estimate of drug-likeness (QED) is 0.546. The molecule has 84 valence electrons. The number of rotatable bonds is 2. The highest BCUT2D eigenvalue weighted by molar-refractivity contribution is 7.80. The summed E-state index contributed by atoms with van der Waals surface area (Å²) in [6, 6.07) is 3.07. The average molecular weight is 240 g/mol. The Morgan fingerprint density at radius 3 is 2.33 bits per heavy atom. The normalized spacial score (nSPS) is 11.9. The Morgan fingerprint density at radius 2 is 1.87 bits per heavy atom. The van der Waals surface area contributed by atoms with Crippen molar-refractivity contribution in [2.24, 2.45) is 0 Å². The van der Waals surface area contributed by atoms with Crippen LogP contribution in [0.2, 0.25) is 0 Å². The largest absolute Gasteiger partial charge is 0.573 e. The second-order valence-corrected chi connectivity index (χ2v) is 3.12. The number of hydrogen-bond acceptors (Lipinski definition) is 4. The summed E-state index contributed by atoms with van der Waals surface area (Å²) in [6.07, 6.45) is -6.70. The summed E-state index contributed by atoms with van der Waals surface area (Å²) in [5.74, 6) is -0.525. The van der Waals surface area contributed by atoms with Crippen molar-refractivity contribution in [1.29, 1.82) is 0 Å². The van der Waals surface area contributed by atoms with Gasteiger partial charge in [-0.2, -0.15) is 0 Å². The highest BCUT2D eigenvalue weighted by Gasteiger charge is 2.31. The molecule has 0 saturated carbocycles. The molecule has 0 aromatic heterocycles. The number of alkyl halides is 3. The predicted octanol–water partition coefficient (Wildman–Crippen LogP) is 1.86. The molecule has 0 heterocycles. The van der Waals surface area contributed by atoms with Crippen molar-refractivity contribution in [1.82, 2.24) is 0 Å². The van der Waals surface area contributed by atoms with Gasteiger partial charge in [-0.3, -0.25) is 0 Å². The van der Waals surface area contributed by atoms with Crippen molar-refractivity contribution < 1.29 is 28.1 Å². The van der Waals surface area contributed by atoms with Crippen LogP contribution in [0.3, 0.4) is 0 Å². The van der Waals surface area contributed by atoms with Gasteiger partial charge in [-0.05, 0) is 18.2 Å². The zero-order valence-electron chi connectivity index (χ0n) is 7.19. The van der Waals surface area contributed by atoms with E-state index in [1.165, 1.54) is 6.07 Å². The third-order valence-corrected chi connectivity index (χ3v) is 1.92. The first-order valence-electron chi connectivity index (χ1n) is 3.74. The smallest absolute Gasteiger partial charge is 0.406 e. The van der Waals surface area contributed by atoms with E-state index < -0.39 is 18.4 Å². The van der Waals surface area contributed by atoms with E-state index in [4.69, 9.17) is 10.2 Å². The van der Waals surface area contributed by atoms with Crippen molar-refractivity contribution in [3.63, 3.8) is 0 Å². The lowest BCUT2D eigenvalue weighted by Gasteiger charge is -2.12. The van der Waals surface area contributed by atoms with Gasteiger partial charge in [-0.15, -0.1) is 25.8 Å². The number of hydrogen-bond donors (Lipinski definition) is 3. The van der Waals surface area contributed by atoms with E-state index in [-0.39, 0.29) is 10.5 Å². The molecule has 7 heteroatoms. The Hall–Kier alpha value is -0.920. The molecule has 0 fully saturated rings. The molecule has 0 radical (unpaired) electrons. The van der Waals surface area contributed by atoms with Crippen LogP contribution in [0.25, 0.3) is 0 Å². The second-order valence-electron chi connectivity index (χ2n) is 2.64. The van der Waals surface area contributed by atoms with E-state index in [0.29, 0.717) is 0 Å². The van der Waals surface area contributed by atoms with E-state index in [0.717, 1.165) is 12.1 Å². The van der Waals surface area contributed by atoms with Gasteiger partial charge >= 0.3 is 6.36 Å². The highest BCUT2D eigenvalue weighted by Crippen LogP contribution is 2.28. The standard InChI is InChI=1S/C8H7F3O3S/c9-8(10,11)14-4-1-2-6(15)5(3-4)7(12)13/h1-3,7,12-13,15H. The average Bonchev–Trinajstić information content (AvgIpc) is 2.05. The fourth-order valence-electron chi connectivity index (χ4n) is 0.937. The van der Waals surface area contributed by atoms with Crippen LogP contribution in [0.4, 0.5) is 13.2 Å². The zero-order valence-corrected chi connectivity index (χ0v) is 8.09. The van der Waals surface area contributed by atoms with Crippen molar-refractivity contribution in [2.75, 3.05) is 0 Å². The lowest BCUT2D eigenvalue weighted by molar-refractivity contribution is -0.274. The third kappa shape index (κ3) is 3.61. The van der Waals surface area contributed by atoms with Crippen LogP contribution in [0.5, 0.6) is 5.75 Å². The molecule has 0 aliphatic carbocycles. The maximum atomic E-state index is 11.8. The molecule has 0 bridgehead atoms. The van der Waals surface area contributed by atoms with Crippen LogP contribution >= 0.6 is 12.6 Å². The first-order valence-corrected chi connectivity index (χ1v) is 4.19. The van der Waals surface area contributed by atoms with E-state index >= 15 is 0 Å². The van der Waals surface area contributed by atoms with Crippen molar-refractivity contribution in [3.8, 4) is 5.75 Å². The van der Waals surface area contributed by atoms with Gasteiger partial charge in [0, 0.05) is 10.5 Å². The SMILES string of the molecule is OC(O)c1cc(OC(F)(F)F)ccc1S. The highest BCUT2D eigenvalue weighted by atomic mass is 32.1. The third-order valence-electron chi connectivity index (χ3n) is 1.51. The Bertz CT molecular complexity index is 351. The van der Waals surface area contributed by atoms with Gasteiger partial charge in [-0.1, -0.05) is 0 Å². The predicted molar refractivity (Wildman–Crippen MR) is 47.6 cm³/mol. The van der Waals surface area contributed by atoms with Crippen LogP contribution in [0.1, 0.15) is 11.9 Å². The minimum Gasteiger partial charge on any atom is -0.406 e. The molecule has 3 nitrogen and oxygen atoms in total. The summed E-state index contributed by atoms with van der Waals surface area (Å²) in [5, 5.41) is 17.6. The van der Waals surface area contributed by atoms with Crippen molar-refractivity contribution >= 4 is 12.6 Å². The molecule has 0 unspecified atom stereocenters. The number of benzene rings is 1. The van der Waals surface area contributed by atoms with Crippen molar-refractivity contribution in [2.45, 2.75) is 17.5 Å². The Balaban J connectivity index is 2.98. The van der Waals surface area contributed by atoms with Gasteiger partial charge in [0.15, 0.2) is 6.29 Å². The summed E-state index contributed by atoms with van der Waals surface area (Å²) in [6.45, 7) is 0. The topological polar surface area (TPSA) is 49.7 Å². The molecule has 0 aliphatic rings. The number of halogens is 3. The maximum absolute atomic E-state index is 11.8. The van der Waals surface area contributed by atoms with Crippen LogP contribution in [0.15, 0.2) is 23.1 Å². The molecule has 1 rings (SSSR count). The molecule has 1 aromatic carbocycles. The molecule has 0 aliphatic heterocycles. The van der Waals surface area contributed by atoms with Gasteiger partial charge in [0.25, 0.3) is 0 Å². The summed E-state index contributed by atoms with van der Waals surface area (Å²) < 4.78 is 39.0. The molecular formula is C8H7F3O3S. The molecule has 2 N–H and O–H groups in total. The lowest BCUT2D eigenvalue weighted by atomic mass is 10.2. The van der Waals surface area contributed by atoms with Gasteiger partial charge in [0.05, 0.1) is 0 Å². The molecule has 0 saturated heterocycles. The molecule has 1 aromatic rings.